The summed E-state index contributed by atoms with van der Waals surface area (Å²) in [5, 5.41) is 2.29. The monoisotopic (exact) mass is 224 g/mol. The Labute approximate surface area is 90.3 Å². The minimum absolute atomic E-state index is 0.184. The zero-order valence-corrected chi connectivity index (χ0v) is 8.63. The Morgan fingerprint density at radius 1 is 1.47 bits per heavy atom. The van der Waals surface area contributed by atoms with Crippen molar-refractivity contribution in [2.24, 2.45) is 5.73 Å². The smallest absolute Gasteiger partial charge is 0.278 e. The molecule has 0 aliphatic carbocycles. The third-order valence-electron chi connectivity index (χ3n) is 1.86. The van der Waals surface area contributed by atoms with E-state index in [0.717, 1.165) is 0 Å². The van der Waals surface area contributed by atoms with Gasteiger partial charge in [-0.05, 0) is 6.07 Å². The minimum atomic E-state index is -0.355. The Balaban J connectivity index is 2.20. The second-order valence-corrected chi connectivity index (χ2v) is 3.71. The average Bonchev–Trinajstić information content (AvgIpc) is 2.71. The van der Waals surface area contributed by atoms with E-state index in [0.29, 0.717) is 16.5 Å². The molecule has 1 aromatic heterocycles. The molecule has 0 aliphatic heterocycles. The second kappa shape index (κ2) is 4.37. The number of nitrogens with zero attached hydrogens (tertiary/aromatic N) is 1. The maximum atomic E-state index is 13.3. The van der Waals surface area contributed by atoms with Crippen molar-refractivity contribution < 1.29 is 9.13 Å². The van der Waals surface area contributed by atoms with Gasteiger partial charge in [0.2, 0.25) is 0 Å². The number of hydrogen-bond donors (Lipinski definition) is 1. The molecule has 0 atom stereocenters. The van der Waals surface area contributed by atoms with E-state index in [4.69, 9.17) is 10.5 Å². The number of halogens is 1. The highest BCUT2D eigenvalue weighted by atomic mass is 32.1. The predicted molar refractivity (Wildman–Crippen MR) is 56.5 cm³/mol. The lowest BCUT2D eigenvalue weighted by molar-refractivity contribution is 0.472. The van der Waals surface area contributed by atoms with Crippen LogP contribution < -0.4 is 10.5 Å². The summed E-state index contributed by atoms with van der Waals surface area (Å²) in [5.74, 6) is 0.0752. The van der Waals surface area contributed by atoms with Gasteiger partial charge in [-0.1, -0.05) is 17.4 Å². The molecule has 2 N–H and O–H groups in total. The van der Waals surface area contributed by atoms with Gasteiger partial charge in [0.1, 0.15) is 11.6 Å². The Kier molecular flexibility index (Phi) is 2.94. The van der Waals surface area contributed by atoms with E-state index in [1.165, 1.54) is 17.4 Å². The van der Waals surface area contributed by atoms with Gasteiger partial charge in [-0.15, -0.1) is 0 Å². The predicted octanol–water partition coefficient (Wildman–Crippen LogP) is 2.53. The Bertz CT molecular complexity index is 445. The van der Waals surface area contributed by atoms with Crippen molar-refractivity contribution in [2.45, 2.75) is 6.54 Å². The van der Waals surface area contributed by atoms with Crippen LogP contribution in [0, 0.1) is 5.82 Å². The molecule has 0 spiro atoms. The maximum Gasteiger partial charge on any atom is 0.278 e. The van der Waals surface area contributed by atoms with Gasteiger partial charge in [-0.2, -0.15) is 0 Å². The zero-order chi connectivity index (χ0) is 10.7. The van der Waals surface area contributed by atoms with E-state index in [1.54, 1.807) is 23.7 Å². The molecule has 0 fully saturated rings. The first-order valence-corrected chi connectivity index (χ1v) is 5.23. The van der Waals surface area contributed by atoms with Crippen molar-refractivity contribution in [1.29, 1.82) is 0 Å². The van der Waals surface area contributed by atoms with Crippen molar-refractivity contribution in [3.05, 3.63) is 41.2 Å². The van der Waals surface area contributed by atoms with Gasteiger partial charge >= 0.3 is 0 Å². The molecule has 0 radical (unpaired) electrons. The average molecular weight is 224 g/mol. The lowest BCUT2D eigenvalue weighted by Gasteiger charge is -2.04. The largest absolute Gasteiger partial charge is 0.431 e. The summed E-state index contributed by atoms with van der Waals surface area (Å²) < 4.78 is 18.6. The van der Waals surface area contributed by atoms with E-state index in [2.05, 4.69) is 4.98 Å². The summed E-state index contributed by atoms with van der Waals surface area (Å²) in [4.78, 5) is 3.93. The molecule has 2 aromatic rings. The van der Waals surface area contributed by atoms with Crippen LogP contribution in [0.1, 0.15) is 5.56 Å². The molecule has 1 aromatic carbocycles. The van der Waals surface area contributed by atoms with Crippen molar-refractivity contribution >= 4 is 11.3 Å². The molecule has 1 heterocycles. The standard InChI is InChI=1S/C10H9FN2OS/c11-9-5-8(2-1-7(9)6-12)14-10-13-3-4-15-10/h1-5H,6,12H2. The van der Waals surface area contributed by atoms with Gasteiger partial charge in [-0.3, -0.25) is 0 Å². The van der Waals surface area contributed by atoms with Crippen LogP contribution in [0.5, 0.6) is 10.9 Å². The third-order valence-corrected chi connectivity index (χ3v) is 2.51. The fraction of sp³-hybridized carbons (Fsp3) is 0.100. The van der Waals surface area contributed by atoms with Crippen LogP contribution in [0.15, 0.2) is 29.8 Å². The molecule has 0 saturated carbocycles. The van der Waals surface area contributed by atoms with Crippen molar-refractivity contribution in [1.82, 2.24) is 4.98 Å². The molecule has 0 unspecified atom stereocenters. The number of thiazole rings is 1. The first kappa shape index (κ1) is 10.1. The summed E-state index contributed by atoms with van der Waals surface area (Å²) in [7, 11) is 0. The van der Waals surface area contributed by atoms with Crippen LogP contribution in [-0.4, -0.2) is 4.98 Å². The molecule has 0 aliphatic rings. The van der Waals surface area contributed by atoms with Crippen LogP contribution in [0.4, 0.5) is 4.39 Å². The molecule has 3 nitrogen and oxygen atoms in total. The van der Waals surface area contributed by atoms with Crippen molar-refractivity contribution in [3.63, 3.8) is 0 Å². The van der Waals surface area contributed by atoms with Crippen molar-refractivity contribution in [3.8, 4) is 10.9 Å². The lowest BCUT2D eigenvalue weighted by atomic mass is 10.2. The minimum Gasteiger partial charge on any atom is -0.431 e. The van der Waals surface area contributed by atoms with E-state index in [1.807, 2.05) is 0 Å². The zero-order valence-electron chi connectivity index (χ0n) is 7.81. The van der Waals surface area contributed by atoms with Crippen LogP contribution in [0.25, 0.3) is 0 Å². The van der Waals surface area contributed by atoms with Gasteiger partial charge in [0.05, 0.1) is 0 Å². The third kappa shape index (κ3) is 2.31. The van der Waals surface area contributed by atoms with Crippen LogP contribution in [0.2, 0.25) is 0 Å². The molecule has 0 saturated heterocycles. The molecule has 0 amide bonds. The molecule has 0 bridgehead atoms. The van der Waals surface area contributed by atoms with Gasteiger partial charge in [0, 0.05) is 29.8 Å². The number of ether oxygens (including phenoxy) is 1. The van der Waals surface area contributed by atoms with E-state index >= 15 is 0 Å². The van der Waals surface area contributed by atoms with Crippen LogP contribution >= 0.6 is 11.3 Å². The van der Waals surface area contributed by atoms with E-state index < -0.39 is 0 Å². The topological polar surface area (TPSA) is 48.1 Å². The first-order chi connectivity index (χ1) is 7.29. The van der Waals surface area contributed by atoms with Crippen LogP contribution in [-0.2, 0) is 6.54 Å². The lowest BCUT2D eigenvalue weighted by Crippen LogP contribution is -1.99. The quantitative estimate of drug-likeness (QED) is 0.871. The maximum absolute atomic E-state index is 13.3. The highest BCUT2D eigenvalue weighted by Crippen LogP contribution is 2.24. The Hall–Kier alpha value is -1.46. The van der Waals surface area contributed by atoms with Gasteiger partial charge in [-0.25, -0.2) is 9.37 Å². The summed E-state index contributed by atoms with van der Waals surface area (Å²) in [6.07, 6.45) is 1.63. The van der Waals surface area contributed by atoms with Gasteiger partial charge in [0.25, 0.3) is 5.19 Å². The summed E-state index contributed by atoms with van der Waals surface area (Å²) >= 11 is 1.35. The number of nitrogens with two attached hydrogens (primary N) is 1. The number of benzene rings is 1. The molecule has 78 valence electrons. The highest BCUT2D eigenvalue weighted by molar-refractivity contribution is 7.11. The van der Waals surface area contributed by atoms with E-state index in [-0.39, 0.29) is 12.4 Å². The molecule has 15 heavy (non-hydrogen) atoms. The van der Waals surface area contributed by atoms with Gasteiger partial charge in [0.15, 0.2) is 0 Å². The van der Waals surface area contributed by atoms with Crippen LogP contribution in [0.3, 0.4) is 0 Å². The fourth-order valence-corrected chi connectivity index (χ4v) is 1.62. The summed E-state index contributed by atoms with van der Waals surface area (Å²) in [5.41, 5.74) is 5.82. The normalized spacial score (nSPS) is 10.3. The van der Waals surface area contributed by atoms with Gasteiger partial charge < -0.3 is 10.5 Å². The fourth-order valence-electron chi connectivity index (χ4n) is 1.12. The second-order valence-electron chi connectivity index (χ2n) is 2.86. The number of aromatic nitrogens is 1. The number of hydrogen-bond acceptors (Lipinski definition) is 4. The molecule has 5 heteroatoms. The Morgan fingerprint density at radius 2 is 2.33 bits per heavy atom. The molecule has 2 rings (SSSR count). The Morgan fingerprint density at radius 3 is 2.93 bits per heavy atom. The highest BCUT2D eigenvalue weighted by Gasteiger charge is 2.04. The summed E-state index contributed by atoms with van der Waals surface area (Å²) in [6.45, 7) is 0.184. The van der Waals surface area contributed by atoms with Crippen molar-refractivity contribution in [2.75, 3.05) is 0 Å². The number of rotatable bonds is 3. The molecular weight excluding hydrogens is 215 g/mol. The summed E-state index contributed by atoms with van der Waals surface area (Å²) in [6, 6.07) is 4.59. The van der Waals surface area contributed by atoms with E-state index in [9.17, 15) is 4.39 Å². The molecular formula is C10H9FN2OS. The SMILES string of the molecule is NCc1ccc(Oc2nccs2)cc1F. The first-order valence-electron chi connectivity index (χ1n) is 4.35.